The van der Waals surface area contributed by atoms with Crippen LogP contribution in [0.3, 0.4) is 0 Å². The normalized spacial score (nSPS) is 13.4. The lowest BCUT2D eigenvalue weighted by molar-refractivity contribution is 1.02. The molecule has 1 aliphatic rings. The maximum atomic E-state index is 2.48. The standard InChI is InChI=1S/C45H31N/c1-4-14-31(15-5-1)35-28-36(32-16-6-2-7-17-32)30-37(29-35)33-24-26-38(27-25-33)46-42-23-13-12-22-41(42)44-43(34-18-8-3-9-19-34)39-20-10-11-21-40(39)45(44)46/h1-30,43H. The maximum absolute atomic E-state index is 2.48. The van der Waals surface area contributed by atoms with Crippen molar-refractivity contribution in [2.24, 2.45) is 0 Å². The van der Waals surface area contributed by atoms with Gasteiger partial charge in [-0.05, 0) is 86.5 Å². The van der Waals surface area contributed by atoms with Crippen LogP contribution in [0.4, 0.5) is 0 Å². The summed E-state index contributed by atoms with van der Waals surface area (Å²) in [4.78, 5) is 0. The summed E-state index contributed by atoms with van der Waals surface area (Å²) in [6.45, 7) is 0. The lowest BCUT2D eigenvalue weighted by Crippen LogP contribution is -1.98. The molecule has 216 valence electrons. The molecule has 0 aliphatic heterocycles. The Morgan fingerprint density at radius 1 is 0.391 bits per heavy atom. The Balaban J connectivity index is 1.21. The fraction of sp³-hybridized carbons (Fsp3) is 0.0222. The van der Waals surface area contributed by atoms with Crippen LogP contribution in [0.5, 0.6) is 0 Å². The number of rotatable bonds is 5. The molecule has 0 saturated carbocycles. The van der Waals surface area contributed by atoms with E-state index in [0.717, 1.165) is 0 Å². The zero-order chi connectivity index (χ0) is 30.5. The molecule has 0 spiro atoms. The van der Waals surface area contributed by atoms with Crippen molar-refractivity contribution < 1.29 is 0 Å². The van der Waals surface area contributed by atoms with Gasteiger partial charge in [0.15, 0.2) is 0 Å². The molecule has 1 heterocycles. The van der Waals surface area contributed by atoms with Crippen molar-refractivity contribution in [3.63, 3.8) is 0 Å². The Morgan fingerprint density at radius 2 is 0.891 bits per heavy atom. The van der Waals surface area contributed by atoms with Crippen LogP contribution in [0.25, 0.3) is 61.2 Å². The summed E-state index contributed by atoms with van der Waals surface area (Å²) in [5, 5.41) is 1.31. The fourth-order valence-electron chi connectivity index (χ4n) is 7.39. The highest BCUT2D eigenvalue weighted by Gasteiger charge is 2.35. The van der Waals surface area contributed by atoms with E-state index in [1.165, 1.54) is 77.9 Å². The molecule has 9 rings (SSSR count). The third-order valence-corrected chi connectivity index (χ3v) is 9.47. The van der Waals surface area contributed by atoms with Gasteiger partial charge in [0.25, 0.3) is 0 Å². The van der Waals surface area contributed by atoms with Gasteiger partial charge in [-0.3, -0.25) is 0 Å². The minimum atomic E-state index is 0.204. The van der Waals surface area contributed by atoms with E-state index in [9.17, 15) is 0 Å². The van der Waals surface area contributed by atoms with Gasteiger partial charge in [-0.2, -0.15) is 0 Å². The van der Waals surface area contributed by atoms with E-state index in [1.54, 1.807) is 0 Å². The van der Waals surface area contributed by atoms with Gasteiger partial charge < -0.3 is 4.57 Å². The molecule has 1 aliphatic carbocycles. The van der Waals surface area contributed by atoms with E-state index in [1.807, 2.05) is 0 Å². The Kier molecular flexibility index (Phi) is 6.28. The monoisotopic (exact) mass is 585 g/mol. The van der Waals surface area contributed by atoms with Gasteiger partial charge in [-0.25, -0.2) is 0 Å². The van der Waals surface area contributed by atoms with E-state index >= 15 is 0 Å². The zero-order valence-corrected chi connectivity index (χ0v) is 25.3. The van der Waals surface area contributed by atoms with Crippen LogP contribution in [-0.2, 0) is 0 Å². The first-order valence-electron chi connectivity index (χ1n) is 16.0. The highest BCUT2D eigenvalue weighted by Crippen LogP contribution is 2.53. The lowest BCUT2D eigenvalue weighted by atomic mass is 9.88. The second kappa shape index (κ2) is 10.9. The summed E-state index contributed by atoms with van der Waals surface area (Å²) in [5.74, 6) is 0.204. The molecule has 8 aromatic rings. The van der Waals surface area contributed by atoms with Gasteiger partial charge in [0.1, 0.15) is 0 Å². The average molecular weight is 586 g/mol. The van der Waals surface area contributed by atoms with Crippen LogP contribution >= 0.6 is 0 Å². The van der Waals surface area contributed by atoms with Crippen LogP contribution in [0.2, 0.25) is 0 Å². The Hall–Kier alpha value is -5.92. The minimum Gasteiger partial charge on any atom is -0.309 e. The van der Waals surface area contributed by atoms with Crippen molar-refractivity contribution in [2.75, 3.05) is 0 Å². The number of hydrogen-bond acceptors (Lipinski definition) is 0. The smallest absolute Gasteiger partial charge is 0.0585 e. The van der Waals surface area contributed by atoms with E-state index in [2.05, 4.69) is 187 Å². The molecule has 1 nitrogen and oxygen atoms in total. The number of benzene rings is 7. The topological polar surface area (TPSA) is 4.93 Å². The SMILES string of the molecule is c1ccc(-c2cc(-c3ccccc3)cc(-c3ccc(-n4c5c(c6ccccc64)C(c4ccccc4)c4ccccc4-5)cc3)c2)cc1. The molecule has 1 unspecified atom stereocenters. The van der Waals surface area contributed by atoms with Crippen molar-refractivity contribution >= 4 is 10.9 Å². The van der Waals surface area contributed by atoms with Crippen molar-refractivity contribution in [1.82, 2.24) is 4.57 Å². The molecule has 46 heavy (non-hydrogen) atoms. The second-order valence-electron chi connectivity index (χ2n) is 12.1. The van der Waals surface area contributed by atoms with Crippen LogP contribution < -0.4 is 0 Å². The Labute approximate surface area is 269 Å². The van der Waals surface area contributed by atoms with E-state index in [4.69, 9.17) is 0 Å². The molecular formula is C45H31N. The summed E-state index contributed by atoms with van der Waals surface area (Å²) in [6.07, 6.45) is 0. The van der Waals surface area contributed by atoms with Crippen LogP contribution in [0.15, 0.2) is 182 Å². The number of fused-ring (bicyclic) bond motifs is 5. The van der Waals surface area contributed by atoms with Gasteiger partial charge >= 0.3 is 0 Å². The first kappa shape index (κ1) is 26.5. The molecule has 1 heteroatoms. The first-order chi connectivity index (χ1) is 22.8. The third kappa shape index (κ3) is 4.32. The maximum Gasteiger partial charge on any atom is 0.0585 e. The molecule has 0 radical (unpaired) electrons. The van der Waals surface area contributed by atoms with E-state index in [0.29, 0.717) is 0 Å². The van der Waals surface area contributed by atoms with Gasteiger partial charge in [0.2, 0.25) is 0 Å². The van der Waals surface area contributed by atoms with Crippen molar-refractivity contribution in [3.8, 4) is 50.3 Å². The van der Waals surface area contributed by atoms with Gasteiger partial charge in [0.05, 0.1) is 11.2 Å². The minimum absolute atomic E-state index is 0.204. The van der Waals surface area contributed by atoms with Crippen LogP contribution in [0.1, 0.15) is 22.6 Å². The molecule has 1 aromatic heterocycles. The predicted molar refractivity (Wildman–Crippen MR) is 192 cm³/mol. The summed E-state index contributed by atoms with van der Waals surface area (Å²) in [7, 11) is 0. The largest absolute Gasteiger partial charge is 0.309 e. The van der Waals surface area contributed by atoms with E-state index in [-0.39, 0.29) is 5.92 Å². The summed E-state index contributed by atoms with van der Waals surface area (Å²) < 4.78 is 2.48. The first-order valence-corrected chi connectivity index (χ1v) is 16.0. The highest BCUT2D eigenvalue weighted by atomic mass is 15.0. The van der Waals surface area contributed by atoms with Gasteiger partial charge in [-0.15, -0.1) is 0 Å². The molecule has 0 fully saturated rings. The van der Waals surface area contributed by atoms with E-state index < -0.39 is 0 Å². The lowest BCUT2D eigenvalue weighted by Gasteiger charge is -2.15. The summed E-state index contributed by atoms with van der Waals surface area (Å²) in [6, 6.07) is 66.2. The van der Waals surface area contributed by atoms with Crippen molar-refractivity contribution in [1.29, 1.82) is 0 Å². The quantitative estimate of drug-likeness (QED) is 0.189. The summed E-state index contributed by atoms with van der Waals surface area (Å²) in [5.41, 5.74) is 16.4. The molecule has 7 aromatic carbocycles. The third-order valence-electron chi connectivity index (χ3n) is 9.47. The number of nitrogens with zero attached hydrogens (tertiary/aromatic N) is 1. The molecular weight excluding hydrogens is 555 g/mol. The number of aromatic nitrogens is 1. The molecule has 0 N–H and O–H groups in total. The predicted octanol–water partition coefficient (Wildman–Crippen LogP) is 11.8. The van der Waals surface area contributed by atoms with Crippen LogP contribution in [0, 0.1) is 0 Å². The molecule has 1 atom stereocenters. The van der Waals surface area contributed by atoms with Crippen LogP contribution in [-0.4, -0.2) is 4.57 Å². The van der Waals surface area contributed by atoms with Crippen molar-refractivity contribution in [2.45, 2.75) is 5.92 Å². The number of para-hydroxylation sites is 1. The van der Waals surface area contributed by atoms with Gasteiger partial charge in [0, 0.05) is 22.6 Å². The Bertz CT molecular complexity index is 2270. The zero-order valence-electron chi connectivity index (χ0n) is 25.3. The number of hydrogen-bond donors (Lipinski definition) is 0. The van der Waals surface area contributed by atoms with Crippen molar-refractivity contribution in [3.05, 3.63) is 199 Å². The fourth-order valence-corrected chi connectivity index (χ4v) is 7.39. The Morgan fingerprint density at radius 3 is 1.52 bits per heavy atom. The molecule has 0 amide bonds. The molecule has 0 saturated heterocycles. The molecule has 0 bridgehead atoms. The van der Waals surface area contributed by atoms with Gasteiger partial charge in [-0.1, -0.05) is 146 Å². The average Bonchev–Trinajstić information content (AvgIpc) is 3.65. The summed E-state index contributed by atoms with van der Waals surface area (Å²) >= 11 is 0. The second-order valence-corrected chi connectivity index (χ2v) is 12.1. The highest BCUT2D eigenvalue weighted by molar-refractivity contribution is 5.99.